The van der Waals surface area contributed by atoms with E-state index >= 15 is 0 Å². The van der Waals surface area contributed by atoms with Crippen molar-refractivity contribution in [1.29, 1.82) is 0 Å². The molecule has 0 radical (unpaired) electrons. The summed E-state index contributed by atoms with van der Waals surface area (Å²) in [5, 5.41) is 5.31. The van der Waals surface area contributed by atoms with E-state index in [0.717, 1.165) is 10.6 Å². The third kappa shape index (κ3) is 4.22. The van der Waals surface area contributed by atoms with Crippen LogP contribution in [-0.2, 0) is 14.3 Å². The molecule has 4 rings (SSSR count). The van der Waals surface area contributed by atoms with Gasteiger partial charge in [0.25, 0.3) is 0 Å². The molecule has 162 valence electrons. The van der Waals surface area contributed by atoms with E-state index in [1.807, 2.05) is 31.4 Å². The molecule has 0 bridgehead atoms. The molecule has 0 saturated heterocycles. The second kappa shape index (κ2) is 8.79. The van der Waals surface area contributed by atoms with E-state index in [2.05, 4.69) is 5.32 Å². The Bertz CT molecular complexity index is 1070. The van der Waals surface area contributed by atoms with Crippen LogP contribution in [0.5, 0.6) is 0 Å². The van der Waals surface area contributed by atoms with Crippen LogP contribution in [0.25, 0.3) is 0 Å². The van der Waals surface area contributed by atoms with Gasteiger partial charge < -0.3 is 10.1 Å². The number of hydrogen-bond acceptors (Lipinski definition) is 5. The van der Waals surface area contributed by atoms with Gasteiger partial charge in [0.05, 0.1) is 18.1 Å². The molecule has 2 atom stereocenters. The largest absolute Gasteiger partial charge is 0.462 e. The van der Waals surface area contributed by atoms with Gasteiger partial charge in [0.1, 0.15) is 5.82 Å². The third-order valence-electron chi connectivity index (χ3n) is 5.76. The Morgan fingerprint density at radius 3 is 2.68 bits per heavy atom. The maximum absolute atomic E-state index is 14.9. The quantitative estimate of drug-likeness (QED) is 0.630. The fraction of sp³-hybridized carbons (Fsp3) is 0.360. The molecule has 1 aliphatic heterocycles. The molecule has 0 fully saturated rings. The van der Waals surface area contributed by atoms with Gasteiger partial charge in [-0.15, -0.1) is 11.3 Å². The van der Waals surface area contributed by atoms with E-state index in [1.165, 1.54) is 6.07 Å². The minimum Gasteiger partial charge on any atom is -0.462 e. The Morgan fingerprint density at radius 2 is 2.00 bits per heavy atom. The van der Waals surface area contributed by atoms with E-state index in [1.54, 1.807) is 36.5 Å². The van der Waals surface area contributed by atoms with Crippen molar-refractivity contribution in [2.75, 3.05) is 6.61 Å². The molecule has 1 aliphatic carbocycles. The fourth-order valence-corrected chi connectivity index (χ4v) is 5.21. The smallest absolute Gasteiger partial charge is 0.336 e. The average molecular weight is 440 g/mol. The molecule has 31 heavy (non-hydrogen) atoms. The number of carbonyl (C=O) groups is 2. The van der Waals surface area contributed by atoms with Gasteiger partial charge >= 0.3 is 5.97 Å². The molecule has 4 nitrogen and oxygen atoms in total. The summed E-state index contributed by atoms with van der Waals surface area (Å²) in [5.41, 5.74) is 2.52. The predicted octanol–water partition coefficient (Wildman–Crippen LogP) is 5.45. The summed E-state index contributed by atoms with van der Waals surface area (Å²) in [6, 6.07) is 10.4. The Labute approximate surface area is 185 Å². The number of carbonyl (C=O) groups excluding carboxylic acids is 2. The average Bonchev–Trinajstić information content (AvgIpc) is 3.26. The van der Waals surface area contributed by atoms with Crippen LogP contribution >= 0.6 is 11.3 Å². The molecule has 1 aromatic heterocycles. The van der Waals surface area contributed by atoms with Gasteiger partial charge in [0, 0.05) is 39.7 Å². The summed E-state index contributed by atoms with van der Waals surface area (Å²) in [7, 11) is 0. The summed E-state index contributed by atoms with van der Waals surface area (Å²) < 4.78 is 20.4. The van der Waals surface area contributed by atoms with Crippen LogP contribution in [0.1, 0.15) is 55.9 Å². The number of ketones is 1. The zero-order valence-corrected chi connectivity index (χ0v) is 18.7. The molecular weight excluding hydrogens is 413 g/mol. The normalized spacial score (nSPS) is 21.3. The maximum Gasteiger partial charge on any atom is 0.336 e. The van der Waals surface area contributed by atoms with Crippen LogP contribution < -0.4 is 5.32 Å². The highest BCUT2D eigenvalue weighted by molar-refractivity contribution is 7.10. The van der Waals surface area contributed by atoms with Gasteiger partial charge in [-0.25, -0.2) is 9.18 Å². The first-order valence-corrected chi connectivity index (χ1v) is 11.4. The molecule has 0 unspecified atom stereocenters. The summed E-state index contributed by atoms with van der Waals surface area (Å²) >= 11 is 1.64. The highest BCUT2D eigenvalue weighted by atomic mass is 32.1. The molecular formula is C25H26FNO3S. The Kier molecular flexibility index (Phi) is 6.10. The molecule has 6 heteroatoms. The van der Waals surface area contributed by atoms with Gasteiger partial charge in [-0.3, -0.25) is 4.79 Å². The second-order valence-corrected chi connectivity index (χ2v) is 9.53. The van der Waals surface area contributed by atoms with Crippen molar-refractivity contribution < 1.29 is 18.7 Å². The van der Waals surface area contributed by atoms with Crippen molar-refractivity contribution in [2.24, 2.45) is 5.92 Å². The second-order valence-electron chi connectivity index (χ2n) is 8.55. The lowest BCUT2D eigenvalue weighted by Crippen LogP contribution is -2.36. The predicted molar refractivity (Wildman–Crippen MR) is 119 cm³/mol. The Hall–Kier alpha value is -2.73. The van der Waals surface area contributed by atoms with E-state index in [0.29, 0.717) is 35.2 Å². The number of hydrogen-bond donors (Lipinski definition) is 1. The Balaban J connectivity index is 1.79. The summed E-state index contributed by atoms with van der Waals surface area (Å²) in [5.74, 6) is -1.51. The fourth-order valence-electron chi connectivity index (χ4n) is 4.37. The molecule has 1 N–H and O–H groups in total. The molecule has 0 saturated carbocycles. The van der Waals surface area contributed by atoms with E-state index < -0.39 is 17.7 Å². The lowest BCUT2D eigenvalue weighted by atomic mass is 9.72. The zero-order valence-electron chi connectivity index (χ0n) is 17.9. The van der Waals surface area contributed by atoms with Crippen LogP contribution in [0.15, 0.2) is 64.3 Å². The maximum atomic E-state index is 14.9. The lowest BCUT2D eigenvalue weighted by molar-refractivity contribution is -0.140. The van der Waals surface area contributed by atoms with Gasteiger partial charge in [-0.05, 0) is 36.8 Å². The molecule has 0 spiro atoms. The topological polar surface area (TPSA) is 55.4 Å². The van der Waals surface area contributed by atoms with Crippen molar-refractivity contribution in [1.82, 2.24) is 5.32 Å². The number of esters is 1. The first-order valence-electron chi connectivity index (χ1n) is 10.6. The summed E-state index contributed by atoms with van der Waals surface area (Å²) in [6.07, 6.45) is 0.998. The van der Waals surface area contributed by atoms with Gasteiger partial charge in [-0.2, -0.15) is 0 Å². The first kappa shape index (κ1) is 21.5. The van der Waals surface area contributed by atoms with Crippen LogP contribution in [-0.4, -0.2) is 18.4 Å². The molecule has 0 amide bonds. The van der Waals surface area contributed by atoms with Crippen LogP contribution in [0, 0.1) is 11.7 Å². The number of Topliss-reactive ketones (excluding diaryl/α,β-unsaturated/α-hetero) is 1. The molecule has 2 aromatic rings. The molecule has 2 aliphatic rings. The standard InChI is InChI=1S/C25H26FNO3S/c1-14(2)13-30-25(29)22-15(3)27-19-11-16(21-9-6-10-31-21)12-20(28)24(19)23(22)17-7-4-5-8-18(17)26/h4-10,14,16,23,27H,11-13H2,1-3H3/t16-,23+/m1/s1. The SMILES string of the molecule is CC1=C(C(=O)OCC(C)C)[C@H](c2ccccc2F)C2=C(C[C@@H](c3cccs3)CC2=O)N1. The van der Waals surface area contributed by atoms with Crippen molar-refractivity contribution in [2.45, 2.75) is 45.4 Å². The van der Waals surface area contributed by atoms with Gasteiger partial charge in [0.15, 0.2) is 5.78 Å². The Morgan fingerprint density at radius 1 is 1.23 bits per heavy atom. The third-order valence-corrected chi connectivity index (χ3v) is 6.79. The zero-order chi connectivity index (χ0) is 22.1. The number of benzene rings is 1. The minimum absolute atomic E-state index is 0.0536. The van der Waals surface area contributed by atoms with Crippen LogP contribution in [0.3, 0.4) is 0 Å². The summed E-state index contributed by atoms with van der Waals surface area (Å²) in [4.78, 5) is 27.6. The van der Waals surface area contributed by atoms with Crippen molar-refractivity contribution in [3.05, 3.63) is 80.6 Å². The monoisotopic (exact) mass is 439 g/mol. The number of nitrogens with one attached hydrogen (secondary N) is 1. The minimum atomic E-state index is -0.770. The number of thiophene rings is 1. The van der Waals surface area contributed by atoms with Crippen molar-refractivity contribution in [3.8, 4) is 0 Å². The molecule has 1 aromatic carbocycles. The van der Waals surface area contributed by atoms with Crippen LogP contribution in [0.4, 0.5) is 4.39 Å². The number of ether oxygens (including phenoxy) is 1. The number of dihydropyridines is 1. The van der Waals surface area contributed by atoms with E-state index in [9.17, 15) is 14.0 Å². The van der Waals surface area contributed by atoms with Gasteiger partial charge in [-0.1, -0.05) is 38.1 Å². The molecule has 2 heterocycles. The number of allylic oxidation sites excluding steroid dienone is 3. The van der Waals surface area contributed by atoms with E-state index in [4.69, 9.17) is 4.74 Å². The van der Waals surface area contributed by atoms with Gasteiger partial charge in [0.2, 0.25) is 0 Å². The van der Waals surface area contributed by atoms with Crippen LogP contribution in [0.2, 0.25) is 0 Å². The summed E-state index contributed by atoms with van der Waals surface area (Å²) in [6.45, 7) is 5.97. The number of halogens is 1. The first-order chi connectivity index (χ1) is 14.9. The number of rotatable bonds is 5. The lowest BCUT2D eigenvalue weighted by Gasteiger charge is -2.36. The highest BCUT2D eigenvalue weighted by Crippen LogP contribution is 2.46. The highest BCUT2D eigenvalue weighted by Gasteiger charge is 2.42. The van der Waals surface area contributed by atoms with Crippen molar-refractivity contribution in [3.63, 3.8) is 0 Å². The van der Waals surface area contributed by atoms with E-state index in [-0.39, 0.29) is 24.2 Å². The van der Waals surface area contributed by atoms with Crippen molar-refractivity contribution >= 4 is 23.1 Å².